The first kappa shape index (κ1) is 13.5. The lowest BCUT2D eigenvalue weighted by Gasteiger charge is -2.16. The van der Waals surface area contributed by atoms with E-state index in [9.17, 15) is 0 Å². The van der Waals surface area contributed by atoms with Crippen molar-refractivity contribution < 1.29 is 4.74 Å². The summed E-state index contributed by atoms with van der Waals surface area (Å²) in [6.45, 7) is 9.52. The van der Waals surface area contributed by atoms with Crippen LogP contribution in [0.2, 0.25) is 0 Å². The van der Waals surface area contributed by atoms with Crippen LogP contribution in [-0.2, 0) is 0 Å². The molecule has 0 amide bonds. The van der Waals surface area contributed by atoms with E-state index in [0.717, 1.165) is 13.1 Å². The van der Waals surface area contributed by atoms with Crippen molar-refractivity contribution in [1.29, 1.82) is 0 Å². The van der Waals surface area contributed by atoms with Crippen molar-refractivity contribution in [3.63, 3.8) is 0 Å². The summed E-state index contributed by atoms with van der Waals surface area (Å²) < 4.78 is 5.51. The molecule has 0 unspecified atom stereocenters. The van der Waals surface area contributed by atoms with Gasteiger partial charge in [0.2, 0.25) is 11.9 Å². The Labute approximate surface area is 102 Å². The zero-order chi connectivity index (χ0) is 12.8. The second kappa shape index (κ2) is 6.22. The summed E-state index contributed by atoms with van der Waals surface area (Å²) in [6, 6.07) is 0.362. The first-order valence-corrected chi connectivity index (χ1v) is 5.94. The van der Waals surface area contributed by atoms with Gasteiger partial charge < -0.3 is 15.0 Å². The van der Waals surface area contributed by atoms with Crippen LogP contribution in [0.4, 0.5) is 11.9 Å². The fraction of sp³-hybridized carbons (Fsp3) is 0.727. The maximum absolute atomic E-state index is 5.51. The molecule has 0 bridgehead atoms. The molecule has 17 heavy (non-hydrogen) atoms. The highest BCUT2D eigenvalue weighted by molar-refractivity contribution is 5.37. The smallest absolute Gasteiger partial charge is 0.323 e. The van der Waals surface area contributed by atoms with Crippen molar-refractivity contribution in [1.82, 2.24) is 15.0 Å². The van der Waals surface area contributed by atoms with E-state index in [0.29, 0.717) is 17.9 Å². The topological polar surface area (TPSA) is 63.2 Å². The first-order chi connectivity index (χ1) is 8.06. The van der Waals surface area contributed by atoms with Gasteiger partial charge in [-0.3, -0.25) is 0 Å². The Morgan fingerprint density at radius 1 is 1.24 bits per heavy atom. The Balaban J connectivity index is 3.00. The van der Waals surface area contributed by atoms with Gasteiger partial charge in [0.25, 0.3) is 0 Å². The molecule has 6 heteroatoms. The quantitative estimate of drug-likeness (QED) is 0.812. The summed E-state index contributed by atoms with van der Waals surface area (Å²) in [5, 5.41) is 3.07. The summed E-state index contributed by atoms with van der Waals surface area (Å²) in [5.74, 6) is 1.17. The van der Waals surface area contributed by atoms with Gasteiger partial charge in [-0.25, -0.2) is 0 Å². The predicted molar refractivity (Wildman–Crippen MR) is 68.7 cm³/mol. The number of nitrogens with zero attached hydrogens (tertiary/aromatic N) is 4. The number of anilines is 2. The molecule has 0 aliphatic heterocycles. The van der Waals surface area contributed by atoms with Crippen LogP contribution in [0, 0.1) is 0 Å². The van der Waals surface area contributed by atoms with E-state index in [1.165, 1.54) is 0 Å². The molecule has 0 saturated heterocycles. The number of nitrogens with one attached hydrogen (secondary N) is 1. The van der Waals surface area contributed by atoms with Gasteiger partial charge in [0, 0.05) is 20.1 Å². The summed E-state index contributed by atoms with van der Waals surface area (Å²) in [4.78, 5) is 14.7. The highest BCUT2D eigenvalue weighted by Gasteiger charge is 2.10. The zero-order valence-electron chi connectivity index (χ0n) is 11.2. The second-order valence-electron chi connectivity index (χ2n) is 3.95. The Morgan fingerprint density at radius 3 is 2.47 bits per heavy atom. The minimum Gasteiger partial charge on any atom is -0.461 e. The van der Waals surface area contributed by atoms with Crippen LogP contribution >= 0.6 is 0 Å². The minimum atomic E-state index is 0.0478. The molecule has 1 heterocycles. The standard InChI is InChI=1S/C11H21N5O/c1-6-12-9-13-10(16(5)7-2)15-11(14-9)17-8(3)4/h8H,6-7H2,1-5H3,(H,12,13,14,15). The van der Waals surface area contributed by atoms with Gasteiger partial charge in [0.15, 0.2) is 0 Å². The number of hydrogen-bond donors (Lipinski definition) is 1. The third kappa shape index (κ3) is 4.05. The third-order valence-electron chi connectivity index (χ3n) is 2.09. The van der Waals surface area contributed by atoms with Crippen molar-refractivity contribution in [3.8, 4) is 6.01 Å². The number of rotatable bonds is 6. The van der Waals surface area contributed by atoms with Crippen LogP contribution in [0.25, 0.3) is 0 Å². The van der Waals surface area contributed by atoms with E-state index in [1.54, 1.807) is 0 Å². The van der Waals surface area contributed by atoms with Crippen LogP contribution < -0.4 is 15.0 Å². The van der Waals surface area contributed by atoms with Crippen LogP contribution in [0.1, 0.15) is 27.7 Å². The maximum atomic E-state index is 5.51. The fourth-order valence-corrected chi connectivity index (χ4v) is 1.16. The van der Waals surface area contributed by atoms with Gasteiger partial charge in [-0.2, -0.15) is 15.0 Å². The average Bonchev–Trinajstić information content (AvgIpc) is 2.27. The summed E-state index contributed by atoms with van der Waals surface area (Å²) in [7, 11) is 1.93. The van der Waals surface area contributed by atoms with Gasteiger partial charge in [0.1, 0.15) is 0 Å². The largest absolute Gasteiger partial charge is 0.461 e. The molecule has 0 aromatic carbocycles. The molecule has 0 saturated carbocycles. The zero-order valence-corrected chi connectivity index (χ0v) is 11.2. The molecular weight excluding hydrogens is 218 g/mol. The molecule has 1 aromatic rings. The lowest BCUT2D eigenvalue weighted by atomic mass is 10.5. The van der Waals surface area contributed by atoms with Gasteiger partial charge in [-0.1, -0.05) is 0 Å². The average molecular weight is 239 g/mol. The molecule has 1 N–H and O–H groups in total. The first-order valence-electron chi connectivity index (χ1n) is 5.94. The van der Waals surface area contributed by atoms with Gasteiger partial charge in [-0.05, 0) is 27.7 Å². The lowest BCUT2D eigenvalue weighted by molar-refractivity contribution is 0.222. The summed E-state index contributed by atoms with van der Waals surface area (Å²) >= 11 is 0. The molecule has 0 radical (unpaired) electrons. The molecule has 96 valence electrons. The Hall–Kier alpha value is -1.59. The highest BCUT2D eigenvalue weighted by atomic mass is 16.5. The lowest BCUT2D eigenvalue weighted by Crippen LogP contribution is -2.21. The van der Waals surface area contributed by atoms with Crippen LogP contribution in [0.15, 0.2) is 0 Å². The fourth-order valence-electron chi connectivity index (χ4n) is 1.16. The highest BCUT2D eigenvalue weighted by Crippen LogP contribution is 2.14. The Bertz CT molecular complexity index is 356. The third-order valence-corrected chi connectivity index (χ3v) is 2.09. The van der Waals surface area contributed by atoms with Crippen LogP contribution in [-0.4, -0.2) is 41.2 Å². The van der Waals surface area contributed by atoms with Crippen LogP contribution in [0.3, 0.4) is 0 Å². The van der Waals surface area contributed by atoms with Gasteiger partial charge in [-0.15, -0.1) is 0 Å². The molecule has 1 aromatic heterocycles. The summed E-state index contributed by atoms with van der Waals surface area (Å²) in [6.07, 6.45) is 0.0478. The molecular formula is C11H21N5O. The van der Waals surface area contributed by atoms with Crippen molar-refractivity contribution >= 4 is 11.9 Å². The number of hydrogen-bond acceptors (Lipinski definition) is 6. The molecule has 0 aliphatic carbocycles. The molecule has 0 aliphatic rings. The molecule has 0 fully saturated rings. The maximum Gasteiger partial charge on any atom is 0.323 e. The van der Waals surface area contributed by atoms with Gasteiger partial charge >= 0.3 is 6.01 Å². The molecule has 6 nitrogen and oxygen atoms in total. The Morgan fingerprint density at radius 2 is 1.94 bits per heavy atom. The van der Waals surface area contributed by atoms with Crippen molar-refractivity contribution in [3.05, 3.63) is 0 Å². The van der Waals surface area contributed by atoms with E-state index in [4.69, 9.17) is 4.74 Å². The molecule has 1 rings (SSSR count). The van der Waals surface area contributed by atoms with Crippen molar-refractivity contribution in [2.24, 2.45) is 0 Å². The predicted octanol–water partition coefficient (Wildman–Crippen LogP) is 1.55. The molecule has 0 spiro atoms. The normalized spacial score (nSPS) is 10.5. The van der Waals surface area contributed by atoms with E-state index < -0.39 is 0 Å². The van der Waals surface area contributed by atoms with Crippen LogP contribution in [0.5, 0.6) is 6.01 Å². The van der Waals surface area contributed by atoms with E-state index in [-0.39, 0.29) is 6.10 Å². The van der Waals surface area contributed by atoms with E-state index in [1.807, 2.05) is 39.6 Å². The summed E-state index contributed by atoms with van der Waals surface area (Å²) in [5.41, 5.74) is 0. The number of ether oxygens (including phenoxy) is 1. The monoisotopic (exact) mass is 239 g/mol. The Kier molecular flexibility index (Phi) is 4.93. The minimum absolute atomic E-state index is 0.0478. The van der Waals surface area contributed by atoms with Crippen molar-refractivity contribution in [2.45, 2.75) is 33.8 Å². The van der Waals surface area contributed by atoms with E-state index in [2.05, 4.69) is 20.3 Å². The molecule has 0 atom stereocenters. The SMILES string of the molecule is CCNc1nc(OC(C)C)nc(N(C)CC)n1. The van der Waals surface area contributed by atoms with Crippen molar-refractivity contribution in [2.75, 3.05) is 30.4 Å². The van der Waals surface area contributed by atoms with E-state index >= 15 is 0 Å². The second-order valence-corrected chi connectivity index (χ2v) is 3.95. The van der Waals surface area contributed by atoms with Gasteiger partial charge in [0.05, 0.1) is 6.10 Å². The number of aromatic nitrogens is 3.